The van der Waals surface area contributed by atoms with Gasteiger partial charge in [0.25, 0.3) is 0 Å². The third kappa shape index (κ3) is 2.68. The van der Waals surface area contributed by atoms with Crippen LogP contribution in [-0.4, -0.2) is 19.6 Å². The Morgan fingerprint density at radius 1 is 1.69 bits per heavy atom. The van der Waals surface area contributed by atoms with E-state index in [1.807, 2.05) is 18.2 Å². The fourth-order valence-corrected chi connectivity index (χ4v) is 1.69. The zero-order chi connectivity index (χ0) is 9.68. The summed E-state index contributed by atoms with van der Waals surface area (Å²) in [5.41, 5.74) is 5.30. The summed E-state index contributed by atoms with van der Waals surface area (Å²) >= 11 is 1.39. The molecule has 0 saturated carbocycles. The fraction of sp³-hybridized carbons (Fsp3) is 0.222. The van der Waals surface area contributed by atoms with Crippen LogP contribution in [0, 0.1) is 0 Å². The van der Waals surface area contributed by atoms with E-state index in [2.05, 4.69) is 4.74 Å². The first-order valence-corrected chi connectivity index (χ1v) is 4.64. The predicted octanol–water partition coefficient (Wildman–Crippen LogP) is 1.51. The minimum absolute atomic E-state index is 0.294. The second kappa shape index (κ2) is 4.79. The summed E-state index contributed by atoms with van der Waals surface area (Å²) < 4.78 is 4.58. The monoisotopic (exact) mass is 197 g/mol. The second-order valence-corrected chi connectivity index (χ2v) is 3.45. The molecule has 70 valence electrons. The highest BCUT2D eigenvalue weighted by Gasteiger charge is 2.06. The Morgan fingerprint density at radius 2 is 2.46 bits per heavy atom. The lowest BCUT2D eigenvalue weighted by atomic mass is 10.4. The molecular weight excluding hydrogens is 186 g/mol. The molecule has 1 aromatic rings. The van der Waals surface area contributed by atoms with E-state index in [0.29, 0.717) is 11.4 Å². The van der Waals surface area contributed by atoms with Gasteiger partial charge in [-0.3, -0.25) is 0 Å². The Labute approximate surface area is 80.8 Å². The number of esters is 1. The van der Waals surface area contributed by atoms with Crippen molar-refractivity contribution < 1.29 is 9.53 Å². The van der Waals surface area contributed by atoms with Gasteiger partial charge < -0.3 is 10.5 Å². The Kier molecular flexibility index (Phi) is 3.67. The van der Waals surface area contributed by atoms with E-state index in [1.54, 1.807) is 6.07 Å². The molecule has 0 saturated heterocycles. The minimum Gasteiger partial charge on any atom is -0.465 e. The SMILES string of the molecule is COC(=O)c1ccc(C=CCN)s1. The summed E-state index contributed by atoms with van der Waals surface area (Å²) in [6, 6.07) is 3.61. The summed E-state index contributed by atoms with van der Waals surface area (Å²) in [6.07, 6.45) is 3.73. The number of carbonyl (C=O) groups is 1. The molecular formula is C9H11NO2S. The molecule has 2 N–H and O–H groups in total. The zero-order valence-electron chi connectivity index (χ0n) is 7.32. The van der Waals surface area contributed by atoms with Crippen LogP contribution >= 0.6 is 11.3 Å². The van der Waals surface area contributed by atoms with Crippen LogP contribution in [0.25, 0.3) is 6.08 Å². The number of ether oxygens (including phenoxy) is 1. The topological polar surface area (TPSA) is 52.3 Å². The van der Waals surface area contributed by atoms with Crippen LogP contribution in [0.15, 0.2) is 18.2 Å². The molecule has 0 fully saturated rings. The molecule has 0 radical (unpaired) electrons. The van der Waals surface area contributed by atoms with Gasteiger partial charge in [0.1, 0.15) is 4.88 Å². The molecule has 0 spiro atoms. The summed E-state index contributed by atoms with van der Waals surface area (Å²) in [5.74, 6) is -0.294. The van der Waals surface area contributed by atoms with Crippen LogP contribution in [-0.2, 0) is 4.74 Å². The van der Waals surface area contributed by atoms with Crippen molar-refractivity contribution >= 4 is 23.4 Å². The van der Waals surface area contributed by atoms with Gasteiger partial charge in [-0.1, -0.05) is 6.08 Å². The van der Waals surface area contributed by atoms with E-state index >= 15 is 0 Å². The van der Waals surface area contributed by atoms with Crippen LogP contribution in [0.2, 0.25) is 0 Å². The Hall–Kier alpha value is -1.13. The molecule has 1 rings (SSSR count). The van der Waals surface area contributed by atoms with Crippen LogP contribution in [0.1, 0.15) is 14.5 Å². The van der Waals surface area contributed by atoms with Crippen LogP contribution in [0.3, 0.4) is 0 Å². The van der Waals surface area contributed by atoms with Gasteiger partial charge in [-0.15, -0.1) is 11.3 Å². The fourth-order valence-electron chi connectivity index (χ4n) is 0.837. The smallest absolute Gasteiger partial charge is 0.348 e. The van der Waals surface area contributed by atoms with E-state index < -0.39 is 0 Å². The van der Waals surface area contributed by atoms with Crippen LogP contribution < -0.4 is 5.73 Å². The first-order chi connectivity index (χ1) is 6.27. The van der Waals surface area contributed by atoms with Crippen molar-refractivity contribution in [2.24, 2.45) is 5.73 Å². The van der Waals surface area contributed by atoms with Gasteiger partial charge in [-0.05, 0) is 18.2 Å². The van der Waals surface area contributed by atoms with Crippen molar-refractivity contribution in [3.05, 3.63) is 28.0 Å². The summed E-state index contributed by atoms with van der Waals surface area (Å²) in [4.78, 5) is 12.7. The minimum atomic E-state index is -0.294. The van der Waals surface area contributed by atoms with Crippen molar-refractivity contribution in [2.45, 2.75) is 0 Å². The molecule has 0 unspecified atom stereocenters. The average Bonchev–Trinajstić information content (AvgIpc) is 2.62. The molecule has 0 bridgehead atoms. The highest BCUT2D eigenvalue weighted by molar-refractivity contribution is 7.14. The summed E-state index contributed by atoms with van der Waals surface area (Å²) in [7, 11) is 1.37. The second-order valence-electron chi connectivity index (χ2n) is 2.33. The third-order valence-corrected chi connectivity index (χ3v) is 2.46. The maximum Gasteiger partial charge on any atom is 0.348 e. The maximum atomic E-state index is 11.0. The number of hydrogen-bond donors (Lipinski definition) is 1. The lowest BCUT2D eigenvalue weighted by molar-refractivity contribution is 0.0606. The van der Waals surface area contributed by atoms with Crippen molar-refractivity contribution in [3.63, 3.8) is 0 Å². The van der Waals surface area contributed by atoms with Gasteiger partial charge in [-0.2, -0.15) is 0 Å². The van der Waals surface area contributed by atoms with Gasteiger partial charge in [0.05, 0.1) is 7.11 Å². The van der Waals surface area contributed by atoms with Gasteiger partial charge in [-0.25, -0.2) is 4.79 Å². The first-order valence-electron chi connectivity index (χ1n) is 3.82. The van der Waals surface area contributed by atoms with Crippen molar-refractivity contribution in [2.75, 3.05) is 13.7 Å². The molecule has 1 heterocycles. The lowest BCUT2D eigenvalue weighted by Crippen LogP contribution is -1.96. The van der Waals surface area contributed by atoms with Crippen molar-refractivity contribution in [1.82, 2.24) is 0 Å². The third-order valence-electron chi connectivity index (χ3n) is 1.43. The van der Waals surface area contributed by atoms with E-state index in [4.69, 9.17) is 5.73 Å². The van der Waals surface area contributed by atoms with Gasteiger partial charge >= 0.3 is 5.97 Å². The molecule has 3 nitrogen and oxygen atoms in total. The van der Waals surface area contributed by atoms with Gasteiger partial charge in [0.2, 0.25) is 0 Å². The molecule has 1 aromatic heterocycles. The molecule has 0 aliphatic rings. The van der Waals surface area contributed by atoms with Crippen LogP contribution in [0.5, 0.6) is 0 Å². The number of methoxy groups -OCH3 is 1. The van der Waals surface area contributed by atoms with Crippen LogP contribution in [0.4, 0.5) is 0 Å². The van der Waals surface area contributed by atoms with E-state index in [0.717, 1.165) is 4.88 Å². The number of carbonyl (C=O) groups excluding carboxylic acids is 1. The van der Waals surface area contributed by atoms with E-state index in [1.165, 1.54) is 18.4 Å². The summed E-state index contributed by atoms with van der Waals surface area (Å²) in [5, 5.41) is 0. The Morgan fingerprint density at radius 3 is 3.08 bits per heavy atom. The first kappa shape index (κ1) is 9.95. The Balaban J connectivity index is 2.74. The predicted molar refractivity (Wildman–Crippen MR) is 53.7 cm³/mol. The molecule has 0 aliphatic carbocycles. The quantitative estimate of drug-likeness (QED) is 0.747. The molecule has 0 aliphatic heterocycles. The maximum absolute atomic E-state index is 11.0. The number of rotatable bonds is 3. The molecule has 0 aromatic carbocycles. The van der Waals surface area contributed by atoms with Crippen molar-refractivity contribution in [3.8, 4) is 0 Å². The van der Waals surface area contributed by atoms with Gasteiger partial charge in [0.15, 0.2) is 0 Å². The Bertz CT molecular complexity index is 317. The number of nitrogens with two attached hydrogens (primary N) is 1. The van der Waals surface area contributed by atoms with Crippen molar-refractivity contribution in [1.29, 1.82) is 0 Å². The number of hydrogen-bond acceptors (Lipinski definition) is 4. The standard InChI is InChI=1S/C9H11NO2S/c1-12-9(11)8-5-4-7(13-8)3-2-6-10/h2-5H,6,10H2,1H3. The highest BCUT2D eigenvalue weighted by atomic mass is 32.1. The van der Waals surface area contributed by atoms with E-state index in [-0.39, 0.29) is 5.97 Å². The largest absolute Gasteiger partial charge is 0.465 e. The molecule has 4 heteroatoms. The normalized spacial score (nSPS) is 10.6. The lowest BCUT2D eigenvalue weighted by Gasteiger charge is -1.91. The van der Waals surface area contributed by atoms with E-state index in [9.17, 15) is 4.79 Å². The number of thiophene rings is 1. The molecule has 13 heavy (non-hydrogen) atoms. The summed E-state index contributed by atoms with van der Waals surface area (Å²) in [6.45, 7) is 0.505. The highest BCUT2D eigenvalue weighted by Crippen LogP contribution is 2.18. The zero-order valence-corrected chi connectivity index (χ0v) is 8.14. The average molecular weight is 197 g/mol. The molecule has 0 amide bonds. The van der Waals surface area contributed by atoms with Gasteiger partial charge in [0, 0.05) is 11.4 Å². The molecule has 0 atom stereocenters.